The van der Waals surface area contributed by atoms with E-state index in [0.29, 0.717) is 30.1 Å². The predicted octanol–water partition coefficient (Wildman–Crippen LogP) is 2.35. The number of sulfonamides is 1. The Kier molecular flexibility index (Phi) is 4.09. The molecule has 2 aliphatic heterocycles. The molecule has 1 aromatic heterocycles. The van der Waals surface area contributed by atoms with Crippen LogP contribution in [0.5, 0.6) is 5.75 Å². The van der Waals surface area contributed by atoms with Crippen molar-refractivity contribution in [3.63, 3.8) is 0 Å². The Morgan fingerprint density at radius 1 is 1.19 bits per heavy atom. The van der Waals surface area contributed by atoms with Gasteiger partial charge in [0.1, 0.15) is 16.2 Å². The van der Waals surface area contributed by atoms with Gasteiger partial charge in [-0.3, -0.25) is 4.79 Å². The third-order valence-corrected chi connectivity index (χ3v) is 7.76. The number of likely N-dealkylation sites (N-methyl/N-ethyl adjacent to an activating group) is 1. The summed E-state index contributed by atoms with van der Waals surface area (Å²) in [4.78, 5) is 16.5. The molecular weight excluding hydrogens is 372 g/mol. The highest BCUT2D eigenvalue weighted by atomic mass is 32.2. The number of carbonyl (C=O) groups is 1. The van der Waals surface area contributed by atoms with Crippen molar-refractivity contribution < 1.29 is 17.9 Å². The summed E-state index contributed by atoms with van der Waals surface area (Å²) in [6.07, 6.45) is 0.595. The number of para-hydroxylation sites is 1. The number of hydrogen-bond acceptors (Lipinski definition) is 5. The van der Waals surface area contributed by atoms with Gasteiger partial charge >= 0.3 is 0 Å². The van der Waals surface area contributed by atoms with Crippen molar-refractivity contribution in [2.45, 2.75) is 23.8 Å². The van der Waals surface area contributed by atoms with Crippen LogP contribution in [0.2, 0.25) is 0 Å². The molecule has 0 N–H and O–H groups in total. The highest BCUT2D eigenvalue weighted by Crippen LogP contribution is 2.38. The number of hydrogen-bond donors (Lipinski definition) is 0. The van der Waals surface area contributed by atoms with Gasteiger partial charge in [-0.05, 0) is 31.2 Å². The highest BCUT2D eigenvalue weighted by molar-refractivity contribution is 7.89. The van der Waals surface area contributed by atoms with Crippen molar-refractivity contribution in [1.82, 2.24) is 9.21 Å². The molecule has 3 heterocycles. The van der Waals surface area contributed by atoms with Crippen LogP contribution in [0.3, 0.4) is 0 Å². The Labute approximate surface area is 157 Å². The fourth-order valence-corrected chi connectivity index (χ4v) is 5.80. The van der Waals surface area contributed by atoms with E-state index in [1.54, 1.807) is 36.2 Å². The van der Waals surface area contributed by atoms with Gasteiger partial charge in [-0.2, -0.15) is 4.31 Å². The molecule has 1 saturated heterocycles. The Hall–Kier alpha value is -1.90. The van der Waals surface area contributed by atoms with Gasteiger partial charge in [-0.15, -0.1) is 11.3 Å². The molecule has 2 aromatic rings. The summed E-state index contributed by atoms with van der Waals surface area (Å²) in [5, 5.41) is 0. The van der Waals surface area contributed by atoms with E-state index in [9.17, 15) is 13.2 Å². The van der Waals surface area contributed by atoms with Crippen LogP contribution in [0.15, 0.2) is 41.3 Å². The number of benzene rings is 1. The van der Waals surface area contributed by atoms with E-state index >= 15 is 0 Å². The minimum Gasteiger partial charge on any atom is -0.483 e. The summed E-state index contributed by atoms with van der Waals surface area (Å²) in [7, 11) is -2.04. The van der Waals surface area contributed by atoms with Gasteiger partial charge in [0.2, 0.25) is 10.0 Å². The SMILES string of the molecule is Cc1ccc(C(=O)N2CC[C@@]3(C2)CN(C)S(=O)(=O)c2ccccc2O3)s1. The number of aryl methyl sites for hydroxylation is 1. The van der Waals surface area contributed by atoms with Gasteiger partial charge in [-0.1, -0.05) is 12.1 Å². The number of ether oxygens (including phenoxy) is 1. The van der Waals surface area contributed by atoms with Crippen molar-refractivity contribution in [2.24, 2.45) is 0 Å². The Morgan fingerprint density at radius 2 is 1.96 bits per heavy atom. The number of fused-ring (bicyclic) bond motifs is 1. The lowest BCUT2D eigenvalue weighted by molar-refractivity contribution is 0.0546. The molecular formula is C18H20N2O4S2. The van der Waals surface area contributed by atoms with E-state index in [-0.39, 0.29) is 17.3 Å². The Bertz CT molecular complexity index is 969. The summed E-state index contributed by atoms with van der Waals surface area (Å²) in [5.41, 5.74) is -0.726. The quantitative estimate of drug-likeness (QED) is 0.747. The smallest absolute Gasteiger partial charge is 0.264 e. The largest absolute Gasteiger partial charge is 0.483 e. The topological polar surface area (TPSA) is 66.9 Å². The highest BCUT2D eigenvalue weighted by Gasteiger charge is 2.47. The third kappa shape index (κ3) is 2.82. The monoisotopic (exact) mass is 392 g/mol. The molecule has 1 atom stereocenters. The van der Waals surface area contributed by atoms with Crippen LogP contribution < -0.4 is 4.74 Å². The van der Waals surface area contributed by atoms with Crippen molar-refractivity contribution in [3.8, 4) is 5.75 Å². The van der Waals surface area contributed by atoms with E-state index in [2.05, 4.69) is 0 Å². The Morgan fingerprint density at radius 3 is 2.69 bits per heavy atom. The lowest BCUT2D eigenvalue weighted by atomic mass is 10.0. The summed E-state index contributed by atoms with van der Waals surface area (Å²) >= 11 is 1.47. The predicted molar refractivity (Wildman–Crippen MR) is 99.2 cm³/mol. The number of nitrogens with zero attached hydrogens (tertiary/aromatic N) is 2. The lowest BCUT2D eigenvalue weighted by Crippen LogP contribution is -2.48. The second-order valence-corrected chi connectivity index (χ2v) is 10.2. The number of rotatable bonds is 1. The van der Waals surface area contributed by atoms with Crippen LogP contribution in [0.1, 0.15) is 21.0 Å². The minimum atomic E-state index is -3.60. The molecule has 26 heavy (non-hydrogen) atoms. The van der Waals surface area contributed by atoms with Crippen LogP contribution in [0.4, 0.5) is 0 Å². The number of carbonyl (C=O) groups excluding carboxylic acids is 1. The molecule has 0 aliphatic carbocycles. The molecule has 1 amide bonds. The minimum absolute atomic E-state index is 0.0217. The Balaban J connectivity index is 1.65. The molecule has 1 fully saturated rings. The number of thiophene rings is 1. The van der Waals surface area contributed by atoms with Crippen molar-refractivity contribution in [1.29, 1.82) is 0 Å². The molecule has 4 rings (SSSR count). The molecule has 0 unspecified atom stereocenters. The van der Waals surface area contributed by atoms with Gasteiger partial charge in [0, 0.05) is 24.9 Å². The van der Waals surface area contributed by atoms with Crippen molar-refractivity contribution in [2.75, 3.05) is 26.7 Å². The van der Waals surface area contributed by atoms with Crippen LogP contribution >= 0.6 is 11.3 Å². The molecule has 0 saturated carbocycles. The van der Waals surface area contributed by atoms with Gasteiger partial charge in [0.05, 0.1) is 18.0 Å². The maximum Gasteiger partial charge on any atom is 0.264 e. The van der Waals surface area contributed by atoms with E-state index in [1.165, 1.54) is 15.6 Å². The molecule has 6 nitrogen and oxygen atoms in total. The molecule has 2 aliphatic rings. The third-order valence-electron chi connectivity index (χ3n) is 4.93. The van der Waals surface area contributed by atoms with Crippen LogP contribution in [-0.2, 0) is 10.0 Å². The first-order chi connectivity index (χ1) is 12.3. The van der Waals surface area contributed by atoms with Crippen LogP contribution in [-0.4, -0.2) is 55.8 Å². The average molecular weight is 393 g/mol. The average Bonchev–Trinajstić information content (AvgIpc) is 3.19. The fourth-order valence-electron chi connectivity index (χ4n) is 3.61. The van der Waals surface area contributed by atoms with E-state index in [1.807, 2.05) is 19.1 Å². The van der Waals surface area contributed by atoms with Gasteiger partial charge in [-0.25, -0.2) is 8.42 Å². The molecule has 138 valence electrons. The van der Waals surface area contributed by atoms with Crippen LogP contribution in [0, 0.1) is 6.92 Å². The van der Waals surface area contributed by atoms with Crippen molar-refractivity contribution >= 4 is 27.3 Å². The molecule has 0 radical (unpaired) electrons. The van der Waals surface area contributed by atoms with Gasteiger partial charge in [0.25, 0.3) is 5.91 Å². The molecule has 1 spiro atoms. The van der Waals surface area contributed by atoms with Crippen molar-refractivity contribution in [3.05, 3.63) is 46.2 Å². The zero-order valence-electron chi connectivity index (χ0n) is 14.6. The second kappa shape index (κ2) is 6.07. The second-order valence-electron chi connectivity index (χ2n) is 6.88. The summed E-state index contributed by atoms with van der Waals surface area (Å²) < 4.78 is 33.1. The maximum absolute atomic E-state index is 12.8. The first kappa shape index (κ1) is 17.5. The molecule has 8 heteroatoms. The molecule has 0 bridgehead atoms. The summed E-state index contributed by atoms with van der Waals surface area (Å²) in [5.74, 6) is 0.338. The van der Waals surface area contributed by atoms with Gasteiger partial charge < -0.3 is 9.64 Å². The fraction of sp³-hybridized carbons (Fsp3) is 0.389. The number of amides is 1. The first-order valence-corrected chi connectivity index (χ1v) is 10.7. The summed E-state index contributed by atoms with van der Waals surface area (Å²) in [6.45, 7) is 3.11. The van der Waals surface area contributed by atoms with Crippen LogP contribution in [0.25, 0.3) is 0 Å². The number of likely N-dealkylation sites (tertiary alicyclic amines) is 1. The van der Waals surface area contributed by atoms with E-state index < -0.39 is 15.6 Å². The maximum atomic E-state index is 12.8. The zero-order valence-corrected chi connectivity index (χ0v) is 16.3. The van der Waals surface area contributed by atoms with Gasteiger partial charge in [0.15, 0.2) is 0 Å². The summed E-state index contributed by atoms with van der Waals surface area (Å²) in [6, 6.07) is 10.5. The van der Waals surface area contributed by atoms with E-state index in [4.69, 9.17) is 4.74 Å². The normalized spacial score (nSPS) is 24.9. The zero-order chi connectivity index (χ0) is 18.5. The standard InChI is InChI=1S/C18H20N2O4S2/c1-13-7-8-15(25-13)17(21)20-10-9-18(12-20)11-19(2)26(22,23)16-6-4-3-5-14(16)24-18/h3-8H,9-12H2,1-2H3/t18-/m0/s1. The van der Waals surface area contributed by atoms with E-state index in [0.717, 1.165) is 4.88 Å². The molecule has 1 aromatic carbocycles. The lowest BCUT2D eigenvalue weighted by Gasteiger charge is -2.30. The first-order valence-electron chi connectivity index (χ1n) is 8.41.